The Morgan fingerprint density at radius 1 is 1.53 bits per heavy atom. The zero-order chi connectivity index (χ0) is 11.3. The highest BCUT2D eigenvalue weighted by Gasteiger charge is 2.16. The van der Waals surface area contributed by atoms with Crippen LogP contribution in [0, 0.1) is 5.92 Å². The lowest BCUT2D eigenvalue weighted by Gasteiger charge is -2.09. The van der Waals surface area contributed by atoms with Crippen molar-refractivity contribution in [1.82, 2.24) is 0 Å². The van der Waals surface area contributed by atoms with Crippen LogP contribution in [0.3, 0.4) is 0 Å². The van der Waals surface area contributed by atoms with E-state index in [0.29, 0.717) is 5.56 Å². The van der Waals surface area contributed by atoms with E-state index in [4.69, 9.17) is 0 Å². The Morgan fingerprint density at radius 3 is 2.80 bits per heavy atom. The van der Waals surface area contributed by atoms with E-state index in [0.717, 1.165) is 12.8 Å². The van der Waals surface area contributed by atoms with E-state index in [2.05, 4.69) is 6.58 Å². The molecular formula is C13H16O2. The van der Waals surface area contributed by atoms with Gasteiger partial charge in [0.1, 0.15) is 5.75 Å². The third-order valence-electron chi connectivity index (χ3n) is 2.42. The van der Waals surface area contributed by atoms with Gasteiger partial charge in [0.25, 0.3) is 0 Å². The number of hydrogen-bond acceptors (Lipinski definition) is 2. The summed E-state index contributed by atoms with van der Waals surface area (Å²) in [6.45, 7) is 5.49. The second-order valence-electron chi connectivity index (χ2n) is 3.65. The lowest BCUT2D eigenvalue weighted by Crippen LogP contribution is -2.11. The summed E-state index contributed by atoms with van der Waals surface area (Å²) in [4.78, 5) is 11.9. The highest BCUT2D eigenvalue weighted by atomic mass is 16.3. The van der Waals surface area contributed by atoms with Gasteiger partial charge in [-0.3, -0.25) is 4.79 Å². The summed E-state index contributed by atoms with van der Waals surface area (Å²) in [5.74, 6) is -0.0146. The van der Waals surface area contributed by atoms with Crippen LogP contribution in [0.4, 0.5) is 0 Å². The molecule has 2 heteroatoms. The first kappa shape index (κ1) is 11.5. The maximum atomic E-state index is 11.9. The fourth-order valence-electron chi connectivity index (χ4n) is 1.45. The van der Waals surface area contributed by atoms with Crippen molar-refractivity contribution in [3.05, 3.63) is 42.5 Å². The molecule has 1 unspecified atom stereocenters. The number of Topliss-reactive ketones (excluding diaryl/α,β-unsaturated/α-hetero) is 1. The molecule has 2 nitrogen and oxygen atoms in total. The van der Waals surface area contributed by atoms with E-state index >= 15 is 0 Å². The number of allylic oxidation sites excluding steroid dienone is 1. The van der Waals surface area contributed by atoms with Crippen molar-refractivity contribution in [2.45, 2.75) is 19.8 Å². The Bertz CT molecular complexity index is 355. The van der Waals surface area contributed by atoms with Gasteiger partial charge >= 0.3 is 0 Å². The van der Waals surface area contributed by atoms with Gasteiger partial charge in [-0.05, 0) is 25.0 Å². The second kappa shape index (κ2) is 5.35. The van der Waals surface area contributed by atoms with Gasteiger partial charge in [-0.15, -0.1) is 6.58 Å². The van der Waals surface area contributed by atoms with E-state index in [9.17, 15) is 9.90 Å². The molecule has 0 spiro atoms. The molecule has 0 saturated carbocycles. The maximum absolute atomic E-state index is 11.9. The van der Waals surface area contributed by atoms with Gasteiger partial charge in [0, 0.05) is 5.92 Å². The first-order chi connectivity index (χ1) is 7.16. The predicted molar refractivity (Wildman–Crippen MR) is 61.0 cm³/mol. The highest BCUT2D eigenvalue weighted by Crippen LogP contribution is 2.21. The van der Waals surface area contributed by atoms with E-state index < -0.39 is 0 Å². The number of benzene rings is 1. The fraction of sp³-hybridized carbons (Fsp3) is 0.308. The van der Waals surface area contributed by atoms with Crippen molar-refractivity contribution in [1.29, 1.82) is 0 Å². The molecule has 0 amide bonds. The molecule has 80 valence electrons. The lowest BCUT2D eigenvalue weighted by atomic mass is 9.94. The van der Waals surface area contributed by atoms with Crippen molar-refractivity contribution in [2.24, 2.45) is 5.92 Å². The van der Waals surface area contributed by atoms with Crippen LogP contribution in [0.1, 0.15) is 30.1 Å². The molecule has 1 rings (SSSR count). The number of carbonyl (C=O) groups is 1. The monoisotopic (exact) mass is 204 g/mol. The summed E-state index contributed by atoms with van der Waals surface area (Å²) < 4.78 is 0. The minimum atomic E-state index is -0.0729. The molecule has 0 bridgehead atoms. The van der Waals surface area contributed by atoms with Crippen molar-refractivity contribution >= 4 is 5.78 Å². The molecule has 0 fully saturated rings. The van der Waals surface area contributed by atoms with Crippen LogP contribution in [0.2, 0.25) is 0 Å². The molecule has 1 aromatic rings. The molecule has 0 saturated heterocycles. The average Bonchev–Trinajstić information content (AvgIpc) is 2.25. The van der Waals surface area contributed by atoms with Gasteiger partial charge in [0.05, 0.1) is 5.56 Å². The summed E-state index contributed by atoms with van der Waals surface area (Å²) in [5, 5.41) is 9.51. The first-order valence-corrected chi connectivity index (χ1v) is 5.10. The van der Waals surface area contributed by atoms with Gasteiger partial charge in [-0.2, -0.15) is 0 Å². The molecular weight excluding hydrogens is 188 g/mol. The average molecular weight is 204 g/mol. The molecule has 1 N–H and O–H groups in total. The third kappa shape index (κ3) is 2.94. The number of hydrogen-bond donors (Lipinski definition) is 1. The third-order valence-corrected chi connectivity index (χ3v) is 2.42. The van der Waals surface area contributed by atoms with Crippen molar-refractivity contribution in [2.75, 3.05) is 0 Å². The first-order valence-electron chi connectivity index (χ1n) is 5.10. The standard InChI is InChI=1S/C13H16O2/c1-3-4-7-10(2)13(15)11-8-5-6-9-12(11)14/h3,5-6,8-10,14H,1,4,7H2,2H3. The number of carbonyl (C=O) groups excluding carboxylic acids is 1. The SMILES string of the molecule is C=CCCC(C)C(=O)c1ccccc1O. The quantitative estimate of drug-likeness (QED) is 0.590. The van der Waals surface area contributed by atoms with Gasteiger partial charge in [0.2, 0.25) is 0 Å². The molecule has 0 aliphatic carbocycles. The van der Waals surface area contributed by atoms with Crippen LogP contribution in [-0.4, -0.2) is 10.9 Å². The molecule has 0 radical (unpaired) electrons. The van der Waals surface area contributed by atoms with Crippen LogP contribution in [0.5, 0.6) is 5.75 Å². The van der Waals surface area contributed by atoms with Gasteiger partial charge in [-0.25, -0.2) is 0 Å². The number of aromatic hydroxyl groups is 1. The fourth-order valence-corrected chi connectivity index (χ4v) is 1.45. The molecule has 0 aliphatic heterocycles. The summed E-state index contributed by atoms with van der Waals surface area (Å²) in [7, 11) is 0. The summed E-state index contributed by atoms with van der Waals surface area (Å²) >= 11 is 0. The Morgan fingerprint density at radius 2 is 2.20 bits per heavy atom. The maximum Gasteiger partial charge on any atom is 0.169 e. The minimum absolute atomic E-state index is 0.00468. The Labute approximate surface area is 90.3 Å². The van der Waals surface area contributed by atoms with Crippen LogP contribution in [-0.2, 0) is 0 Å². The summed E-state index contributed by atoms with van der Waals surface area (Å²) in [6, 6.07) is 6.66. The number of ketones is 1. The highest BCUT2D eigenvalue weighted by molar-refractivity contribution is 5.99. The minimum Gasteiger partial charge on any atom is -0.507 e. The zero-order valence-corrected chi connectivity index (χ0v) is 8.94. The Hall–Kier alpha value is -1.57. The summed E-state index contributed by atoms with van der Waals surface area (Å²) in [5.41, 5.74) is 0.411. The normalized spacial score (nSPS) is 12.1. The van der Waals surface area contributed by atoms with E-state index in [1.807, 2.05) is 6.92 Å². The molecule has 15 heavy (non-hydrogen) atoms. The smallest absolute Gasteiger partial charge is 0.169 e. The Kier molecular flexibility index (Phi) is 4.10. The topological polar surface area (TPSA) is 37.3 Å². The van der Waals surface area contributed by atoms with E-state index in [1.165, 1.54) is 6.07 Å². The van der Waals surface area contributed by atoms with Crippen LogP contribution < -0.4 is 0 Å². The molecule has 1 atom stereocenters. The lowest BCUT2D eigenvalue weighted by molar-refractivity contribution is 0.0922. The van der Waals surface area contributed by atoms with E-state index in [-0.39, 0.29) is 17.5 Å². The molecule has 1 aromatic carbocycles. The van der Waals surface area contributed by atoms with Gasteiger partial charge in [-0.1, -0.05) is 25.1 Å². The number of phenols is 1. The molecule has 0 aliphatic rings. The van der Waals surface area contributed by atoms with Crippen molar-refractivity contribution < 1.29 is 9.90 Å². The Balaban J connectivity index is 2.76. The predicted octanol–water partition coefficient (Wildman–Crippen LogP) is 3.18. The van der Waals surface area contributed by atoms with Crippen LogP contribution in [0.25, 0.3) is 0 Å². The summed E-state index contributed by atoms with van der Waals surface area (Å²) in [6.07, 6.45) is 3.39. The number of rotatable bonds is 5. The van der Waals surface area contributed by atoms with E-state index in [1.54, 1.807) is 24.3 Å². The van der Waals surface area contributed by atoms with Crippen molar-refractivity contribution in [3.8, 4) is 5.75 Å². The van der Waals surface area contributed by atoms with Gasteiger partial charge < -0.3 is 5.11 Å². The van der Waals surface area contributed by atoms with Crippen LogP contribution in [0.15, 0.2) is 36.9 Å². The zero-order valence-electron chi connectivity index (χ0n) is 8.94. The number of para-hydroxylation sites is 1. The number of phenolic OH excluding ortho intramolecular Hbond substituents is 1. The second-order valence-corrected chi connectivity index (χ2v) is 3.65. The van der Waals surface area contributed by atoms with Gasteiger partial charge in [0.15, 0.2) is 5.78 Å². The van der Waals surface area contributed by atoms with Crippen LogP contribution >= 0.6 is 0 Å². The van der Waals surface area contributed by atoms with Crippen molar-refractivity contribution in [3.63, 3.8) is 0 Å². The molecule has 0 aromatic heterocycles. The largest absolute Gasteiger partial charge is 0.507 e. The molecule has 0 heterocycles.